The van der Waals surface area contributed by atoms with Gasteiger partial charge in [0.2, 0.25) is 0 Å². The van der Waals surface area contributed by atoms with E-state index in [-0.39, 0.29) is 5.91 Å². The molecular formula is C16H24N2OS2. The molecule has 1 aliphatic rings. The van der Waals surface area contributed by atoms with Gasteiger partial charge >= 0.3 is 0 Å². The topological polar surface area (TPSA) is 55.1 Å². The third-order valence-electron chi connectivity index (χ3n) is 4.59. The minimum absolute atomic E-state index is 0.0394. The molecule has 1 aliphatic carbocycles. The van der Waals surface area contributed by atoms with Gasteiger partial charge in [0.1, 0.15) is 0 Å². The third-order valence-corrected chi connectivity index (χ3v) is 6.21. The van der Waals surface area contributed by atoms with Crippen molar-refractivity contribution in [2.75, 3.05) is 0 Å². The molecule has 1 aromatic heterocycles. The fourth-order valence-corrected chi connectivity index (χ4v) is 4.08. The summed E-state index contributed by atoms with van der Waals surface area (Å²) in [6.07, 6.45) is 6.03. The van der Waals surface area contributed by atoms with Crippen LogP contribution in [0.4, 0.5) is 0 Å². The van der Waals surface area contributed by atoms with Crippen LogP contribution in [-0.4, -0.2) is 16.4 Å². The second kappa shape index (κ2) is 6.88. The van der Waals surface area contributed by atoms with Gasteiger partial charge in [0.05, 0.1) is 15.4 Å². The third kappa shape index (κ3) is 3.64. The number of amides is 1. The number of nitrogens with one attached hydrogen (secondary N) is 1. The molecule has 21 heavy (non-hydrogen) atoms. The predicted octanol–water partition coefficient (Wildman–Crippen LogP) is 3.67. The lowest BCUT2D eigenvalue weighted by Gasteiger charge is -2.39. The summed E-state index contributed by atoms with van der Waals surface area (Å²) >= 11 is 6.81. The van der Waals surface area contributed by atoms with Crippen molar-refractivity contribution in [1.82, 2.24) is 5.32 Å². The molecule has 0 bridgehead atoms. The van der Waals surface area contributed by atoms with Gasteiger partial charge in [-0.2, -0.15) is 0 Å². The van der Waals surface area contributed by atoms with Crippen LogP contribution in [0.15, 0.2) is 12.1 Å². The van der Waals surface area contributed by atoms with Crippen LogP contribution in [0, 0.1) is 5.92 Å². The standard InChI is InChI=1S/C16H24N2OS2/c1-3-11-7-9-16(10-8-11,15(17)20)18-14(19)13-6-5-12(4-2)21-13/h5-6,11H,3-4,7-10H2,1-2H3,(H2,17,20)(H,18,19). The van der Waals surface area contributed by atoms with Crippen LogP contribution >= 0.6 is 23.6 Å². The molecule has 0 radical (unpaired) electrons. The maximum Gasteiger partial charge on any atom is 0.262 e. The largest absolute Gasteiger partial charge is 0.391 e. The van der Waals surface area contributed by atoms with Gasteiger partial charge in [0, 0.05) is 4.88 Å². The lowest BCUT2D eigenvalue weighted by atomic mass is 9.75. The highest BCUT2D eigenvalue weighted by molar-refractivity contribution is 7.80. The van der Waals surface area contributed by atoms with Gasteiger partial charge < -0.3 is 11.1 Å². The Morgan fingerprint density at radius 3 is 2.57 bits per heavy atom. The first-order valence-corrected chi connectivity index (χ1v) is 8.94. The maximum absolute atomic E-state index is 12.5. The van der Waals surface area contributed by atoms with Gasteiger partial charge in [0.25, 0.3) is 5.91 Å². The Morgan fingerprint density at radius 2 is 2.10 bits per heavy atom. The summed E-state index contributed by atoms with van der Waals surface area (Å²) in [6, 6.07) is 3.91. The van der Waals surface area contributed by atoms with Crippen LogP contribution in [-0.2, 0) is 6.42 Å². The van der Waals surface area contributed by atoms with Crippen LogP contribution in [0.5, 0.6) is 0 Å². The molecule has 116 valence electrons. The Bertz CT molecular complexity index is 516. The Balaban J connectivity index is 2.09. The van der Waals surface area contributed by atoms with Gasteiger partial charge in [-0.1, -0.05) is 32.5 Å². The van der Waals surface area contributed by atoms with Gasteiger partial charge in [-0.05, 0) is 50.2 Å². The summed E-state index contributed by atoms with van der Waals surface area (Å²) < 4.78 is 0. The highest BCUT2D eigenvalue weighted by atomic mass is 32.1. The van der Waals surface area contributed by atoms with E-state index in [9.17, 15) is 4.79 Å². The van der Waals surface area contributed by atoms with Crippen molar-refractivity contribution < 1.29 is 4.79 Å². The van der Waals surface area contributed by atoms with Crippen LogP contribution in [0.1, 0.15) is 60.5 Å². The Hall–Kier alpha value is -0.940. The predicted molar refractivity (Wildman–Crippen MR) is 92.9 cm³/mol. The summed E-state index contributed by atoms with van der Waals surface area (Å²) in [5.74, 6) is 0.695. The zero-order chi connectivity index (χ0) is 15.5. The van der Waals surface area contributed by atoms with Crippen molar-refractivity contribution in [3.8, 4) is 0 Å². The Morgan fingerprint density at radius 1 is 1.43 bits per heavy atom. The van der Waals surface area contributed by atoms with E-state index in [2.05, 4.69) is 19.2 Å². The van der Waals surface area contributed by atoms with Gasteiger partial charge in [-0.3, -0.25) is 4.79 Å². The fourth-order valence-electron chi connectivity index (χ4n) is 2.98. The molecular weight excluding hydrogens is 300 g/mol. The first-order chi connectivity index (χ1) is 10.0. The summed E-state index contributed by atoms with van der Waals surface area (Å²) in [5.41, 5.74) is 5.48. The molecule has 0 atom stereocenters. The quantitative estimate of drug-likeness (QED) is 0.813. The number of nitrogens with two attached hydrogens (primary N) is 1. The highest BCUT2D eigenvalue weighted by Gasteiger charge is 2.39. The van der Waals surface area contributed by atoms with Crippen molar-refractivity contribution in [3.05, 3.63) is 21.9 Å². The van der Waals surface area contributed by atoms with Gasteiger partial charge in [-0.25, -0.2) is 0 Å². The minimum atomic E-state index is -0.492. The maximum atomic E-state index is 12.5. The van der Waals surface area contributed by atoms with Crippen molar-refractivity contribution >= 4 is 34.5 Å². The zero-order valence-electron chi connectivity index (χ0n) is 12.8. The van der Waals surface area contributed by atoms with E-state index >= 15 is 0 Å². The Kier molecular flexibility index (Phi) is 5.38. The van der Waals surface area contributed by atoms with Crippen molar-refractivity contribution in [2.24, 2.45) is 11.7 Å². The monoisotopic (exact) mass is 324 g/mol. The van der Waals surface area contributed by atoms with Gasteiger partial charge in [0.15, 0.2) is 0 Å². The van der Waals surface area contributed by atoms with E-state index in [1.54, 1.807) is 11.3 Å². The summed E-state index contributed by atoms with van der Waals surface area (Å²) in [5, 5.41) is 3.14. The molecule has 0 saturated heterocycles. The van der Waals surface area contributed by atoms with Crippen LogP contribution in [0.2, 0.25) is 0 Å². The average molecular weight is 325 g/mol. The molecule has 0 unspecified atom stereocenters. The first-order valence-electron chi connectivity index (χ1n) is 7.72. The second-order valence-corrected chi connectivity index (χ2v) is 7.48. The zero-order valence-corrected chi connectivity index (χ0v) is 14.4. The number of carbonyl (C=O) groups excluding carboxylic acids is 1. The molecule has 0 aliphatic heterocycles. The normalized spacial score (nSPS) is 25.5. The van der Waals surface area contributed by atoms with E-state index in [1.165, 1.54) is 11.3 Å². The molecule has 3 N–H and O–H groups in total. The van der Waals surface area contributed by atoms with E-state index in [0.717, 1.165) is 42.9 Å². The smallest absolute Gasteiger partial charge is 0.262 e. The molecule has 1 amide bonds. The molecule has 5 heteroatoms. The molecule has 1 fully saturated rings. The van der Waals surface area contributed by atoms with E-state index in [1.807, 2.05) is 12.1 Å². The number of hydrogen-bond acceptors (Lipinski definition) is 3. The number of carbonyl (C=O) groups is 1. The van der Waals surface area contributed by atoms with Crippen LogP contribution < -0.4 is 11.1 Å². The molecule has 0 aromatic carbocycles. The number of thiocarbonyl (C=S) groups is 1. The highest BCUT2D eigenvalue weighted by Crippen LogP contribution is 2.34. The van der Waals surface area contributed by atoms with Crippen LogP contribution in [0.3, 0.4) is 0 Å². The molecule has 3 nitrogen and oxygen atoms in total. The van der Waals surface area contributed by atoms with Crippen LogP contribution in [0.25, 0.3) is 0 Å². The average Bonchev–Trinajstić information content (AvgIpc) is 2.97. The molecule has 2 rings (SSSR count). The summed E-state index contributed by atoms with van der Waals surface area (Å²) in [7, 11) is 0. The fraction of sp³-hybridized carbons (Fsp3) is 0.625. The molecule has 1 saturated carbocycles. The minimum Gasteiger partial charge on any atom is -0.391 e. The summed E-state index contributed by atoms with van der Waals surface area (Å²) in [6.45, 7) is 4.31. The lowest BCUT2D eigenvalue weighted by Crippen LogP contribution is -2.58. The summed E-state index contributed by atoms with van der Waals surface area (Å²) in [4.78, 5) is 14.9. The number of hydrogen-bond donors (Lipinski definition) is 2. The molecule has 0 spiro atoms. The van der Waals surface area contributed by atoms with Crippen molar-refractivity contribution in [1.29, 1.82) is 0 Å². The van der Waals surface area contributed by atoms with Gasteiger partial charge in [-0.15, -0.1) is 11.3 Å². The van der Waals surface area contributed by atoms with Crippen molar-refractivity contribution in [3.63, 3.8) is 0 Å². The van der Waals surface area contributed by atoms with E-state index in [4.69, 9.17) is 18.0 Å². The Labute approximate surface area is 136 Å². The SMILES string of the molecule is CCc1ccc(C(=O)NC2(C(N)=S)CCC(CC)CC2)s1. The lowest BCUT2D eigenvalue weighted by molar-refractivity contribution is 0.0902. The number of thiophene rings is 1. The first kappa shape index (κ1) is 16.4. The number of aryl methyl sites for hydroxylation is 1. The molecule has 1 aromatic rings. The van der Waals surface area contributed by atoms with E-state index in [0.29, 0.717) is 4.99 Å². The number of rotatable bonds is 5. The van der Waals surface area contributed by atoms with E-state index < -0.39 is 5.54 Å². The molecule has 1 heterocycles. The van der Waals surface area contributed by atoms with Crippen molar-refractivity contribution in [2.45, 2.75) is 57.9 Å². The second-order valence-electron chi connectivity index (χ2n) is 5.87.